The van der Waals surface area contributed by atoms with Gasteiger partial charge in [0.15, 0.2) is 0 Å². The highest BCUT2D eigenvalue weighted by Crippen LogP contribution is 2.20. The summed E-state index contributed by atoms with van der Waals surface area (Å²) < 4.78 is 5.37. The normalized spacial score (nSPS) is 10.5. The van der Waals surface area contributed by atoms with E-state index in [9.17, 15) is 0 Å². The average Bonchev–Trinajstić information content (AvgIpc) is 2.30. The lowest BCUT2D eigenvalue weighted by atomic mass is 10.2. The summed E-state index contributed by atoms with van der Waals surface area (Å²) in [7, 11) is 0. The van der Waals surface area contributed by atoms with E-state index >= 15 is 0 Å². The topological polar surface area (TPSA) is 21.3 Å². The highest BCUT2D eigenvalue weighted by Gasteiger charge is 2.00. The Morgan fingerprint density at radius 3 is 2.82 bits per heavy atom. The first kappa shape index (κ1) is 14.5. The summed E-state index contributed by atoms with van der Waals surface area (Å²) in [6.07, 6.45) is 2.74. The standard InChI is InChI=1S/C13H17Cl2NO/c1-2-3-7-17-8-6-16-10-11-4-5-12(14)9-13(11)15/h2,4-5,9,16H,1,3,6-8,10H2. The molecule has 0 unspecified atom stereocenters. The molecule has 0 saturated heterocycles. The highest BCUT2D eigenvalue weighted by molar-refractivity contribution is 6.35. The van der Waals surface area contributed by atoms with E-state index in [-0.39, 0.29) is 0 Å². The molecule has 0 aromatic heterocycles. The van der Waals surface area contributed by atoms with Gasteiger partial charge >= 0.3 is 0 Å². The smallest absolute Gasteiger partial charge is 0.0591 e. The Morgan fingerprint density at radius 2 is 2.12 bits per heavy atom. The molecular formula is C13H17Cl2NO. The molecule has 0 bridgehead atoms. The zero-order chi connectivity index (χ0) is 12.5. The minimum atomic E-state index is 0.659. The third-order valence-electron chi connectivity index (χ3n) is 2.22. The molecule has 4 heteroatoms. The number of hydrogen-bond acceptors (Lipinski definition) is 2. The molecule has 1 N–H and O–H groups in total. The number of hydrogen-bond donors (Lipinski definition) is 1. The second kappa shape index (κ2) is 8.54. The van der Waals surface area contributed by atoms with Crippen molar-refractivity contribution in [3.63, 3.8) is 0 Å². The largest absolute Gasteiger partial charge is 0.380 e. The van der Waals surface area contributed by atoms with Gasteiger partial charge in [-0.3, -0.25) is 0 Å². The zero-order valence-electron chi connectivity index (χ0n) is 9.72. The lowest BCUT2D eigenvalue weighted by Crippen LogP contribution is -2.19. The van der Waals surface area contributed by atoms with Crippen molar-refractivity contribution in [3.8, 4) is 0 Å². The zero-order valence-corrected chi connectivity index (χ0v) is 11.2. The predicted octanol–water partition coefficient (Wildman–Crippen LogP) is 3.68. The molecule has 17 heavy (non-hydrogen) atoms. The molecule has 0 atom stereocenters. The molecule has 0 amide bonds. The van der Waals surface area contributed by atoms with Gasteiger partial charge in [-0.15, -0.1) is 6.58 Å². The van der Waals surface area contributed by atoms with E-state index in [1.54, 1.807) is 6.07 Å². The van der Waals surface area contributed by atoms with Gasteiger partial charge in [-0.25, -0.2) is 0 Å². The number of benzene rings is 1. The van der Waals surface area contributed by atoms with Crippen LogP contribution in [-0.2, 0) is 11.3 Å². The van der Waals surface area contributed by atoms with E-state index in [0.29, 0.717) is 16.7 Å². The Balaban J connectivity index is 2.15. The van der Waals surface area contributed by atoms with Gasteiger partial charge in [0.25, 0.3) is 0 Å². The monoisotopic (exact) mass is 273 g/mol. The summed E-state index contributed by atoms with van der Waals surface area (Å²) in [6, 6.07) is 5.52. The maximum Gasteiger partial charge on any atom is 0.0591 e. The fourth-order valence-electron chi connectivity index (χ4n) is 1.30. The molecule has 1 rings (SSSR count). The fourth-order valence-corrected chi connectivity index (χ4v) is 1.78. The number of halogens is 2. The summed E-state index contributed by atoms with van der Waals surface area (Å²) >= 11 is 11.9. The van der Waals surface area contributed by atoms with E-state index in [4.69, 9.17) is 27.9 Å². The van der Waals surface area contributed by atoms with Gasteiger partial charge in [-0.05, 0) is 24.1 Å². The van der Waals surface area contributed by atoms with Crippen LogP contribution in [0.1, 0.15) is 12.0 Å². The lowest BCUT2D eigenvalue weighted by molar-refractivity contribution is 0.140. The first-order valence-electron chi connectivity index (χ1n) is 5.57. The van der Waals surface area contributed by atoms with E-state index in [2.05, 4.69) is 11.9 Å². The lowest BCUT2D eigenvalue weighted by Gasteiger charge is -2.07. The molecule has 0 aliphatic carbocycles. The molecule has 0 aliphatic heterocycles. The molecule has 94 valence electrons. The van der Waals surface area contributed by atoms with Gasteiger partial charge < -0.3 is 10.1 Å². The molecule has 1 aromatic rings. The van der Waals surface area contributed by atoms with E-state index < -0.39 is 0 Å². The fraction of sp³-hybridized carbons (Fsp3) is 0.385. The van der Waals surface area contributed by atoms with Crippen molar-refractivity contribution in [1.29, 1.82) is 0 Å². The van der Waals surface area contributed by atoms with Crippen molar-refractivity contribution in [3.05, 3.63) is 46.5 Å². The Labute approximate surface area is 113 Å². The molecular weight excluding hydrogens is 257 g/mol. The number of nitrogens with one attached hydrogen (secondary N) is 1. The van der Waals surface area contributed by atoms with Crippen molar-refractivity contribution < 1.29 is 4.74 Å². The number of ether oxygens (including phenoxy) is 1. The quantitative estimate of drug-likeness (QED) is 0.577. The number of rotatable bonds is 8. The summed E-state index contributed by atoms with van der Waals surface area (Å²) in [5, 5.41) is 4.61. The predicted molar refractivity (Wildman–Crippen MR) is 73.8 cm³/mol. The van der Waals surface area contributed by atoms with Crippen LogP contribution in [0.5, 0.6) is 0 Å². The molecule has 0 fully saturated rings. The Kier molecular flexibility index (Phi) is 7.29. The van der Waals surface area contributed by atoms with Gasteiger partial charge in [-0.1, -0.05) is 35.3 Å². The minimum absolute atomic E-state index is 0.659. The van der Waals surface area contributed by atoms with Crippen molar-refractivity contribution in [2.24, 2.45) is 0 Å². The highest BCUT2D eigenvalue weighted by atomic mass is 35.5. The maximum absolute atomic E-state index is 6.04. The van der Waals surface area contributed by atoms with Crippen LogP contribution in [0.3, 0.4) is 0 Å². The summed E-state index contributed by atoms with van der Waals surface area (Å²) in [5.74, 6) is 0. The van der Waals surface area contributed by atoms with Gasteiger partial charge in [-0.2, -0.15) is 0 Å². The molecule has 0 aliphatic rings. The van der Waals surface area contributed by atoms with Crippen LogP contribution in [0.15, 0.2) is 30.9 Å². The van der Waals surface area contributed by atoms with E-state index in [1.807, 2.05) is 18.2 Å². The van der Waals surface area contributed by atoms with Crippen LogP contribution >= 0.6 is 23.2 Å². The molecule has 2 nitrogen and oxygen atoms in total. The van der Waals surface area contributed by atoms with E-state index in [0.717, 1.165) is 31.7 Å². The van der Waals surface area contributed by atoms with Crippen LogP contribution in [0.4, 0.5) is 0 Å². The van der Waals surface area contributed by atoms with Gasteiger partial charge in [0.05, 0.1) is 13.2 Å². The maximum atomic E-state index is 6.04. The van der Waals surface area contributed by atoms with Crippen molar-refractivity contribution in [2.45, 2.75) is 13.0 Å². The van der Waals surface area contributed by atoms with Gasteiger partial charge in [0.1, 0.15) is 0 Å². The molecule has 0 radical (unpaired) electrons. The second-order valence-corrected chi connectivity index (χ2v) is 4.45. The second-order valence-electron chi connectivity index (χ2n) is 3.60. The van der Waals surface area contributed by atoms with Crippen LogP contribution < -0.4 is 5.32 Å². The molecule has 0 saturated carbocycles. The van der Waals surface area contributed by atoms with Crippen LogP contribution in [-0.4, -0.2) is 19.8 Å². The first-order chi connectivity index (χ1) is 8.24. The SMILES string of the molecule is C=CCCOCCNCc1ccc(Cl)cc1Cl. The molecule has 0 heterocycles. The summed E-state index contributed by atoms with van der Waals surface area (Å²) in [4.78, 5) is 0. The van der Waals surface area contributed by atoms with Crippen LogP contribution in [0.2, 0.25) is 10.0 Å². The average molecular weight is 274 g/mol. The Morgan fingerprint density at radius 1 is 1.29 bits per heavy atom. The Bertz CT molecular complexity index is 355. The first-order valence-corrected chi connectivity index (χ1v) is 6.33. The van der Waals surface area contributed by atoms with E-state index in [1.165, 1.54) is 0 Å². The molecule has 1 aromatic carbocycles. The summed E-state index contributed by atoms with van der Waals surface area (Å²) in [5.41, 5.74) is 1.04. The van der Waals surface area contributed by atoms with Gasteiger partial charge in [0, 0.05) is 23.1 Å². The van der Waals surface area contributed by atoms with Crippen LogP contribution in [0.25, 0.3) is 0 Å². The summed E-state index contributed by atoms with van der Waals surface area (Å²) in [6.45, 7) is 6.58. The van der Waals surface area contributed by atoms with Crippen LogP contribution in [0, 0.1) is 0 Å². The third kappa shape index (κ3) is 6.08. The van der Waals surface area contributed by atoms with Crippen molar-refractivity contribution in [2.75, 3.05) is 19.8 Å². The van der Waals surface area contributed by atoms with Crippen molar-refractivity contribution in [1.82, 2.24) is 5.32 Å². The minimum Gasteiger partial charge on any atom is -0.380 e. The third-order valence-corrected chi connectivity index (χ3v) is 2.81. The van der Waals surface area contributed by atoms with Crippen molar-refractivity contribution >= 4 is 23.2 Å². The van der Waals surface area contributed by atoms with Gasteiger partial charge in [0.2, 0.25) is 0 Å². The Hall–Kier alpha value is -0.540. The molecule has 0 spiro atoms.